The molecule has 0 fully saturated rings. The molecular formula is C19H20N4O5S. The largest absolute Gasteiger partial charge is 0.481 e. The zero-order chi connectivity index (χ0) is 20.5. The van der Waals surface area contributed by atoms with Gasteiger partial charge < -0.3 is 19.9 Å². The van der Waals surface area contributed by atoms with Crippen LogP contribution in [0.25, 0.3) is 5.78 Å². The number of carboxylic acids is 1. The van der Waals surface area contributed by atoms with Crippen LogP contribution in [0.4, 0.5) is 0 Å². The number of aliphatic carboxylic acids is 1. The van der Waals surface area contributed by atoms with Gasteiger partial charge in [0.1, 0.15) is 5.70 Å². The highest BCUT2D eigenvalue weighted by Gasteiger charge is 2.28. The average Bonchev–Trinajstić information content (AvgIpc) is 3.29. The van der Waals surface area contributed by atoms with Gasteiger partial charge in [-0.25, -0.2) is 14.6 Å². The summed E-state index contributed by atoms with van der Waals surface area (Å²) in [5, 5.41) is 13.0. The summed E-state index contributed by atoms with van der Waals surface area (Å²) < 4.78 is 12.3. The summed E-state index contributed by atoms with van der Waals surface area (Å²) in [4.78, 5) is 32.7. The van der Waals surface area contributed by atoms with Crippen molar-refractivity contribution in [3.63, 3.8) is 0 Å². The Bertz CT molecular complexity index is 1060. The number of aryl methyl sites for hydroxylation is 1. The lowest BCUT2D eigenvalue weighted by atomic mass is 10.1. The van der Waals surface area contributed by atoms with Gasteiger partial charge in [-0.15, -0.1) is 11.8 Å². The Morgan fingerprint density at radius 1 is 1.34 bits per heavy atom. The highest BCUT2D eigenvalue weighted by Crippen LogP contribution is 2.32. The summed E-state index contributed by atoms with van der Waals surface area (Å²) in [7, 11) is 2.90. The lowest BCUT2D eigenvalue weighted by Crippen LogP contribution is -2.21. The van der Waals surface area contributed by atoms with Crippen molar-refractivity contribution in [1.29, 1.82) is 0 Å². The Hall–Kier alpha value is -3.01. The van der Waals surface area contributed by atoms with Crippen molar-refractivity contribution in [2.24, 2.45) is 0 Å². The van der Waals surface area contributed by atoms with Crippen LogP contribution >= 0.6 is 11.8 Å². The quantitative estimate of drug-likeness (QED) is 0.699. The van der Waals surface area contributed by atoms with Crippen molar-refractivity contribution < 1.29 is 24.2 Å². The summed E-state index contributed by atoms with van der Waals surface area (Å²) in [5.74, 6) is -0.448. The second-order valence-electron chi connectivity index (χ2n) is 6.70. The van der Waals surface area contributed by atoms with Crippen LogP contribution in [0.3, 0.4) is 0 Å². The summed E-state index contributed by atoms with van der Waals surface area (Å²) in [6.07, 6.45) is 6.64. The molecule has 2 aromatic rings. The van der Waals surface area contributed by atoms with Crippen LogP contribution in [0.5, 0.6) is 5.88 Å². The molecule has 29 heavy (non-hydrogen) atoms. The van der Waals surface area contributed by atoms with Gasteiger partial charge in [-0.2, -0.15) is 4.98 Å². The van der Waals surface area contributed by atoms with Gasteiger partial charge in [0.05, 0.1) is 25.5 Å². The molecule has 0 saturated heterocycles. The van der Waals surface area contributed by atoms with Crippen molar-refractivity contribution in [3.05, 3.63) is 46.0 Å². The first kappa shape index (κ1) is 19.3. The maximum Gasteiger partial charge on any atom is 0.352 e. The SMILES string of the molecule is COC(=O)C1=CNC(C(=O)O)=CSC1Cc1cn2c3c(c(OC)nc2n1)CCC3. The number of carboxylic acid groups (broad SMARTS) is 1. The third-order valence-electron chi connectivity index (χ3n) is 5.00. The van der Waals surface area contributed by atoms with E-state index in [9.17, 15) is 14.7 Å². The van der Waals surface area contributed by atoms with Crippen molar-refractivity contribution >= 4 is 29.5 Å². The molecule has 0 spiro atoms. The third kappa shape index (κ3) is 3.55. The Kier molecular flexibility index (Phi) is 5.18. The molecule has 0 bridgehead atoms. The predicted molar refractivity (Wildman–Crippen MR) is 106 cm³/mol. The van der Waals surface area contributed by atoms with Crippen LogP contribution in [0.15, 0.2) is 29.1 Å². The third-order valence-corrected chi connectivity index (χ3v) is 6.12. The van der Waals surface area contributed by atoms with Crippen LogP contribution in [-0.4, -0.2) is 50.9 Å². The molecule has 0 saturated carbocycles. The van der Waals surface area contributed by atoms with E-state index in [0.717, 1.165) is 36.2 Å². The second-order valence-corrected chi connectivity index (χ2v) is 7.78. The minimum atomic E-state index is -1.10. The molecule has 2 aromatic heterocycles. The van der Waals surface area contributed by atoms with E-state index in [2.05, 4.69) is 15.3 Å². The molecule has 0 radical (unpaired) electrons. The average molecular weight is 416 g/mol. The first-order chi connectivity index (χ1) is 14.0. The maximum absolute atomic E-state index is 12.2. The maximum atomic E-state index is 12.2. The summed E-state index contributed by atoms with van der Waals surface area (Å²) in [6.45, 7) is 0. The first-order valence-electron chi connectivity index (χ1n) is 9.09. The number of thioether (sulfide) groups is 1. The van der Waals surface area contributed by atoms with Crippen molar-refractivity contribution in [3.8, 4) is 5.88 Å². The van der Waals surface area contributed by atoms with E-state index < -0.39 is 11.9 Å². The Labute approximate surface area is 170 Å². The van der Waals surface area contributed by atoms with Crippen molar-refractivity contribution in [2.45, 2.75) is 30.9 Å². The summed E-state index contributed by atoms with van der Waals surface area (Å²) in [6, 6.07) is 0. The standard InChI is InChI=1S/C19H20N4O5S/c1-27-16-11-4-3-5-14(11)23-8-10(21-19(23)22-16)6-15-12(18(26)28-2)7-20-13(9-29-15)17(24)25/h7-9,15,20H,3-6H2,1-2H3,(H,24,25). The van der Waals surface area contributed by atoms with Crippen LogP contribution < -0.4 is 10.1 Å². The number of methoxy groups -OCH3 is 2. The van der Waals surface area contributed by atoms with Crippen LogP contribution in [0.1, 0.15) is 23.4 Å². The van der Waals surface area contributed by atoms with Gasteiger partial charge in [-0.1, -0.05) is 0 Å². The van der Waals surface area contributed by atoms with E-state index in [0.29, 0.717) is 23.7 Å². The van der Waals surface area contributed by atoms with Gasteiger partial charge in [0.25, 0.3) is 0 Å². The number of hydrogen-bond donors (Lipinski definition) is 2. The van der Waals surface area contributed by atoms with Crippen LogP contribution in [0.2, 0.25) is 0 Å². The van der Waals surface area contributed by atoms with Crippen LogP contribution in [0, 0.1) is 0 Å². The molecule has 152 valence electrons. The molecule has 2 aliphatic rings. The molecule has 4 rings (SSSR count). The highest BCUT2D eigenvalue weighted by atomic mass is 32.2. The number of hydrogen-bond acceptors (Lipinski definition) is 8. The predicted octanol–water partition coefficient (Wildman–Crippen LogP) is 1.46. The normalized spacial score (nSPS) is 18.3. The van der Waals surface area contributed by atoms with E-state index in [-0.39, 0.29) is 10.9 Å². The van der Waals surface area contributed by atoms with E-state index in [1.54, 1.807) is 7.11 Å². The van der Waals surface area contributed by atoms with Gasteiger partial charge in [0.15, 0.2) is 0 Å². The molecule has 1 aliphatic carbocycles. The minimum absolute atomic E-state index is 0.00173. The summed E-state index contributed by atoms with van der Waals surface area (Å²) in [5.41, 5.74) is 3.36. The molecule has 10 heteroatoms. The van der Waals surface area contributed by atoms with Gasteiger partial charge >= 0.3 is 11.9 Å². The number of imidazole rings is 1. The lowest BCUT2D eigenvalue weighted by Gasteiger charge is -2.14. The molecule has 3 heterocycles. The number of fused-ring (bicyclic) bond motifs is 3. The molecule has 0 aromatic carbocycles. The number of carbonyl (C=O) groups is 2. The van der Waals surface area contributed by atoms with Gasteiger partial charge in [0.2, 0.25) is 11.7 Å². The molecule has 0 amide bonds. The minimum Gasteiger partial charge on any atom is -0.481 e. The lowest BCUT2D eigenvalue weighted by molar-refractivity contribution is -0.136. The number of carbonyl (C=O) groups excluding carboxylic acids is 1. The zero-order valence-electron chi connectivity index (χ0n) is 16.0. The fourth-order valence-electron chi connectivity index (χ4n) is 3.62. The number of nitrogens with zero attached hydrogens (tertiary/aromatic N) is 3. The number of nitrogens with one attached hydrogen (secondary N) is 1. The number of aromatic nitrogens is 3. The topological polar surface area (TPSA) is 115 Å². The first-order valence-corrected chi connectivity index (χ1v) is 10.0. The molecule has 1 atom stereocenters. The van der Waals surface area contributed by atoms with E-state index in [1.165, 1.54) is 30.5 Å². The Morgan fingerprint density at radius 3 is 2.90 bits per heavy atom. The van der Waals surface area contributed by atoms with Crippen molar-refractivity contribution in [2.75, 3.05) is 14.2 Å². The number of esters is 1. The zero-order valence-corrected chi connectivity index (χ0v) is 16.8. The molecular weight excluding hydrogens is 396 g/mol. The Morgan fingerprint density at radius 2 is 2.17 bits per heavy atom. The molecule has 2 N–H and O–H groups in total. The summed E-state index contributed by atoms with van der Waals surface area (Å²) >= 11 is 1.24. The Balaban J connectivity index is 1.69. The smallest absolute Gasteiger partial charge is 0.352 e. The molecule has 1 unspecified atom stereocenters. The van der Waals surface area contributed by atoms with Gasteiger partial charge in [-0.3, -0.25) is 4.40 Å². The highest BCUT2D eigenvalue weighted by molar-refractivity contribution is 8.03. The van der Waals surface area contributed by atoms with E-state index in [4.69, 9.17) is 9.47 Å². The fraction of sp³-hybridized carbons (Fsp3) is 0.368. The van der Waals surface area contributed by atoms with Gasteiger partial charge in [0, 0.05) is 40.7 Å². The van der Waals surface area contributed by atoms with Crippen molar-refractivity contribution in [1.82, 2.24) is 19.7 Å². The number of rotatable bonds is 5. The fourth-order valence-corrected chi connectivity index (χ4v) is 4.67. The van der Waals surface area contributed by atoms with E-state index in [1.807, 2.05) is 10.6 Å². The molecule has 9 nitrogen and oxygen atoms in total. The van der Waals surface area contributed by atoms with E-state index >= 15 is 0 Å². The van der Waals surface area contributed by atoms with Crippen LogP contribution in [-0.2, 0) is 33.6 Å². The monoisotopic (exact) mass is 416 g/mol. The molecule has 1 aliphatic heterocycles. The van der Waals surface area contributed by atoms with Gasteiger partial charge in [-0.05, 0) is 19.3 Å². The number of ether oxygens (including phenoxy) is 2. The second kappa shape index (κ2) is 7.78.